The molecule has 4 heteroatoms. The molecule has 1 unspecified atom stereocenters. The van der Waals surface area contributed by atoms with E-state index in [0.717, 1.165) is 30.9 Å². The van der Waals surface area contributed by atoms with E-state index in [1.165, 1.54) is 0 Å². The van der Waals surface area contributed by atoms with Crippen LogP contribution in [0.25, 0.3) is 0 Å². The van der Waals surface area contributed by atoms with Crippen LogP contribution in [0.5, 0.6) is 5.75 Å². The van der Waals surface area contributed by atoms with Gasteiger partial charge in [0, 0.05) is 13.6 Å². The first-order valence-corrected chi connectivity index (χ1v) is 6.20. The van der Waals surface area contributed by atoms with Gasteiger partial charge in [0.25, 0.3) is 0 Å². The van der Waals surface area contributed by atoms with Gasteiger partial charge in [0.15, 0.2) is 0 Å². The van der Waals surface area contributed by atoms with E-state index in [-0.39, 0.29) is 6.04 Å². The van der Waals surface area contributed by atoms with Gasteiger partial charge in [0.05, 0.1) is 24.9 Å². The summed E-state index contributed by atoms with van der Waals surface area (Å²) in [4.78, 5) is 2.11. The molecule has 0 saturated carbocycles. The molecule has 0 spiro atoms. The molecule has 0 aliphatic carbocycles. The second-order valence-corrected chi connectivity index (χ2v) is 4.12. The van der Waals surface area contributed by atoms with Crippen molar-refractivity contribution in [1.29, 1.82) is 5.26 Å². The van der Waals surface area contributed by atoms with Crippen molar-refractivity contribution < 1.29 is 4.74 Å². The Balaban J connectivity index is 2.60. The fourth-order valence-corrected chi connectivity index (χ4v) is 1.85. The summed E-state index contributed by atoms with van der Waals surface area (Å²) in [6.45, 7) is 3.64. The number of nitrogens with one attached hydrogen (secondary N) is 1. The maximum Gasteiger partial charge on any atom is 0.142 e. The molecule has 18 heavy (non-hydrogen) atoms. The van der Waals surface area contributed by atoms with Gasteiger partial charge in [0.1, 0.15) is 5.75 Å². The summed E-state index contributed by atoms with van der Waals surface area (Å²) in [5, 5.41) is 12.1. The van der Waals surface area contributed by atoms with E-state index in [9.17, 15) is 0 Å². The highest BCUT2D eigenvalue weighted by molar-refractivity contribution is 5.57. The van der Waals surface area contributed by atoms with Crippen LogP contribution < -0.4 is 15.0 Å². The van der Waals surface area contributed by atoms with Gasteiger partial charge in [-0.1, -0.05) is 19.1 Å². The number of benzene rings is 1. The molecule has 0 bridgehead atoms. The number of rotatable bonds is 7. The molecular formula is C14H21N3O. The molecule has 1 atom stereocenters. The van der Waals surface area contributed by atoms with E-state index in [4.69, 9.17) is 10.00 Å². The first kappa shape index (κ1) is 14.3. The number of hydrogen-bond donors (Lipinski definition) is 1. The van der Waals surface area contributed by atoms with Crippen molar-refractivity contribution in [2.75, 3.05) is 32.1 Å². The van der Waals surface area contributed by atoms with Crippen LogP contribution in [0.15, 0.2) is 24.3 Å². The van der Waals surface area contributed by atoms with Crippen molar-refractivity contribution in [3.63, 3.8) is 0 Å². The summed E-state index contributed by atoms with van der Waals surface area (Å²) in [5.74, 6) is 0.858. The Morgan fingerprint density at radius 1 is 1.44 bits per heavy atom. The monoisotopic (exact) mass is 247 g/mol. The molecule has 98 valence electrons. The second kappa shape index (κ2) is 7.57. The number of nitrogens with zero attached hydrogens (tertiary/aromatic N) is 2. The number of ether oxygens (including phenoxy) is 1. The lowest BCUT2D eigenvalue weighted by Crippen LogP contribution is -2.32. The van der Waals surface area contributed by atoms with Crippen molar-refractivity contribution in [2.45, 2.75) is 19.4 Å². The van der Waals surface area contributed by atoms with Gasteiger partial charge in [-0.2, -0.15) is 5.26 Å². The number of hydrogen-bond acceptors (Lipinski definition) is 4. The molecular weight excluding hydrogens is 226 g/mol. The molecule has 1 rings (SSSR count). The predicted octanol–water partition coefficient (Wildman–Crippen LogP) is 2.02. The number of para-hydroxylation sites is 2. The fraction of sp³-hybridized carbons (Fsp3) is 0.500. The predicted molar refractivity (Wildman–Crippen MR) is 74.0 cm³/mol. The summed E-state index contributed by atoms with van der Waals surface area (Å²) in [6.07, 6.45) is 0.791. The third-order valence-corrected chi connectivity index (χ3v) is 2.86. The average molecular weight is 247 g/mol. The largest absolute Gasteiger partial charge is 0.495 e. The standard InChI is InChI=1S/C14H21N3O/c1-4-16-12(11-15)9-10-17(2)13-7-5-6-8-14(13)18-3/h5-8,12,16H,4,9-10H2,1-3H3. The normalized spacial score (nSPS) is 11.7. The third-order valence-electron chi connectivity index (χ3n) is 2.86. The van der Waals surface area contributed by atoms with Gasteiger partial charge < -0.3 is 15.0 Å². The van der Waals surface area contributed by atoms with E-state index in [2.05, 4.69) is 16.3 Å². The highest BCUT2D eigenvalue weighted by Crippen LogP contribution is 2.26. The van der Waals surface area contributed by atoms with Crippen LogP contribution in [-0.4, -0.2) is 33.3 Å². The summed E-state index contributed by atoms with van der Waals surface area (Å²) in [5.41, 5.74) is 1.05. The summed E-state index contributed by atoms with van der Waals surface area (Å²) >= 11 is 0. The summed E-state index contributed by atoms with van der Waals surface area (Å²) in [7, 11) is 3.68. The highest BCUT2D eigenvalue weighted by Gasteiger charge is 2.10. The molecule has 0 saturated heterocycles. The molecule has 4 nitrogen and oxygen atoms in total. The van der Waals surface area contributed by atoms with Crippen LogP contribution in [0.2, 0.25) is 0 Å². The van der Waals surface area contributed by atoms with Crippen LogP contribution in [0.1, 0.15) is 13.3 Å². The molecule has 0 heterocycles. The van der Waals surface area contributed by atoms with Crippen LogP contribution in [0.3, 0.4) is 0 Å². The quantitative estimate of drug-likeness (QED) is 0.801. The van der Waals surface area contributed by atoms with E-state index in [1.807, 2.05) is 38.2 Å². The SMILES string of the molecule is CCNC(C#N)CCN(C)c1ccccc1OC. The molecule has 0 amide bonds. The zero-order valence-electron chi connectivity index (χ0n) is 11.3. The Bertz CT molecular complexity index is 400. The van der Waals surface area contributed by atoms with Gasteiger partial charge >= 0.3 is 0 Å². The van der Waals surface area contributed by atoms with E-state index in [0.29, 0.717) is 0 Å². The summed E-state index contributed by atoms with van der Waals surface area (Å²) < 4.78 is 5.32. The zero-order chi connectivity index (χ0) is 13.4. The lowest BCUT2D eigenvalue weighted by molar-refractivity contribution is 0.414. The minimum atomic E-state index is -0.0906. The molecule has 0 aliphatic rings. The second-order valence-electron chi connectivity index (χ2n) is 4.12. The summed E-state index contributed by atoms with van der Waals surface area (Å²) in [6, 6.07) is 10.1. The topological polar surface area (TPSA) is 48.3 Å². The molecule has 1 aromatic carbocycles. The minimum Gasteiger partial charge on any atom is -0.495 e. The van der Waals surface area contributed by atoms with Crippen LogP contribution in [0.4, 0.5) is 5.69 Å². The van der Waals surface area contributed by atoms with E-state index >= 15 is 0 Å². The Hall–Kier alpha value is -1.73. The fourth-order valence-electron chi connectivity index (χ4n) is 1.85. The maximum atomic E-state index is 8.99. The maximum absolute atomic E-state index is 8.99. The number of methoxy groups -OCH3 is 1. The Morgan fingerprint density at radius 3 is 2.78 bits per heavy atom. The Morgan fingerprint density at radius 2 is 2.17 bits per heavy atom. The van der Waals surface area contributed by atoms with Gasteiger partial charge in [-0.3, -0.25) is 0 Å². The first-order valence-electron chi connectivity index (χ1n) is 6.20. The molecule has 0 aromatic heterocycles. The molecule has 0 aliphatic heterocycles. The van der Waals surface area contributed by atoms with Crippen LogP contribution in [-0.2, 0) is 0 Å². The minimum absolute atomic E-state index is 0.0906. The van der Waals surface area contributed by atoms with E-state index < -0.39 is 0 Å². The van der Waals surface area contributed by atoms with Gasteiger partial charge in [-0.15, -0.1) is 0 Å². The lowest BCUT2D eigenvalue weighted by Gasteiger charge is -2.22. The molecule has 1 N–H and O–H groups in total. The van der Waals surface area contributed by atoms with Gasteiger partial charge in [0.2, 0.25) is 0 Å². The molecule has 0 radical (unpaired) electrons. The molecule has 1 aromatic rings. The number of anilines is 1. The smallest absolute Gasteiger partial charge is 0.142 e. The van der Waals surface area contributed by atoms with Crippen molar-refractivity contribution in [3.8, 4) is 11.8 Å². The first-order chi connectivity index (χ1) is 8.72. The van der Waals surface area contributed by atoms with Crippen molar-refractivity contribution in [2.24, 2.45) is 0 Å². The zero-order valence-corrected chi connectivity index (χ0v) is 11.3. The lowest BCUT2D eigenvalue weighted by atomic mass is 10.2. The molecule has 0 fully saturated rings. The van der Waals surface area contributed by atoms with Crippen LogP contribution >= 0.6 is 0 Å². The number of nitriles is 1. The van der Waals surface area contributed by atoms with Gasteiger partial charge in [-0.25, -0.2) is 0 Å². The van der Waals surface area contributed by atoms with Crippen molar-refractivity contribution in [3.05, 3.63) is 24.3 Å². The highest BCUT2D eigenvalue weighted by atomic mass is 16.5. The van der Waals surface area contributed by atoms with E-state index in [1.54, 1.807) is 7.11 Å². The Labute approximate surface area is 109 Å². The van der Waals surface area contributed by atoms with Gasteiger partial charge in [-0.05, 0) is 25.1 Å². The third kappa shape index (κ3) is 3.94. The van der Waals surface area contributed by atoms with Crippen LogP contribution in [0, 0.1) is 11.3 Å². The Kier molecular flexibility index (Phi) is 6.03. The average Bonchev–Trinajstić information content (AvgIpc) is 2.42. The van der Waals surface area contributed by atoms with Crippen molar-refractivity contribution in [1.82, 2.24) is 5.32 Å². The van der Waals surface area contributed by atoms with Crippen molar-refractivity contribution >= 4 is 5.69 Å².